The first-order chi connectivity index (χ1) is 11.6. The van der Waals surface area contributed by atoms with Crippen LogP contribution in [0.15, 0.2) is 18.2 Å². The molecule has 2 aliphatic rings. The number of nitrogens with zero attached hydrogens (tertiary/aromatic N) is 1. The number of hydroxylamine groups is 1. The van der Waals surface area contributed by atoms with E-state index in [4.69, 9.17) is 14.7 Å². The standard InChI is InChI=1S/C17H22N2O5/c1-11-14-5-4-12(16(20)18-22)9-15(14)24-8-6-19(11)17(21)13-3-2-7-23-10-13/h4-5,9,11,13,22H,2-3,6-8,10H2,1H3,(H,18,20)/t11-,13-/m0/s1. The molecule has 130 valence electrons. The second kappa shape index (κ2) is 7.19. The Labute approximate surface area is 140 Å². The maximum absolute atomic E-state index is 12.8. The molecule has 2 atom stereocenters. The Morgan fingerprint density at radius 3 is 2.88 bits per heavy atom. The number of carbonyl (C=O) groups excluding carboxylic acids is 2. The first-order valence-corrected chi connectivity index (χ1v) is 8.21. The maximum Gasteiger partial charge on any atom is 0.274 e. The molecule has 0 spiro atoms. The van der Waals surface area contributed by atoms with Crippen molar-refractivity contribution in [3.63, 3.8) is 0 Å². The topological polar surface area (TPSA) is 88.1 Å². The van der Waals surface area contributed by atoms with Crippen LogP contribution in [0.4, 0.5) is 0 Å². The van der Waals surface area contributed by atoms with Gasteiger partial charge < -0.3 is 14.4 Å². The van der Waals surface area contributed by atoms with E-state index in [1.54, 1.807) is 23.7 Å². The third-order valence-corrected chi connectivity index (χ3v) is 4.68. The predicted molar refractivity (Wildman–Crippen MR) is 84.9 cm³/mol. The Morgan fingerprint density at radius 1 is 1.33 bits per heavy atom. The second-order valence-electron chi connectivity index (χ2n) is 6.16. The molecule has 0 aromatic heterocycles. The van der Waals surface area contributed by atoms with Crippen LogP contribution in [0.2, 0.25) is 0 Å². The van der Waals surface area contributed by atoms with E-state index in [1.165, 1.54) is 0 Å². The lowest BCUT2D eigenvalue weighted by Gasteiger charge is -2.32. The first-order valence-electron chi connectivity index (χ1n) is 8.21. The largest absolute Gasteiger partial charge is 0.491 e. The molecule has 2 heterocycles. The van der Waals surface area contributed by atoms with Crippen LogP contribution < -0.4 is 10.2 Å². The fraction of sp³-hybridized carbons (Fsp3) is 0.529. The molecule has 0 radical (unpaired) electrons. The zero-order valence-electron chi connectivity index (χ0n) is 13.7. The molecule has 1 saturated heterocycles. The molecule has 7 nitrogen and oxygen atoms in total. The van der Waals surface area contributed by atoms with Crippen LogP contribution in [0.25, 0.3) is 0 Å². The van der Waals surface area contributed by atoms with Gasteiger partial charge in [0.05, 0.1) is 25.1 Å². The number of ether oxygens (including phenoxy) is 2. The number of rotatable bonds is 2. The smallest absolute Gasteiger partial charge is 0.274 e. The van der Waals surface area contributed by atoms with Crippen LogP contribution in [0.5, 0.6) is 5.75 Å². The van der Waals surface area contributed by atoms with Crippen molar-refractivity contribution in [1.82, 2.24) is 10.4 Å². The molecule has 7 heteroatoms. The summed E-state index contributed by atoms with van der Waals surface area (Å²) in [6.45, 7) is 4.01. The molecule has 3 rings (SSSR count). The lowest BCUT2D eigenvalue weighted by molar-refractivity contribution is -0.142. The van der Waals surface area contributed by atoms with Gasteiger partial charge in [-0.1, -0.05) is 6.07 Å². The summed E-state index contributed by atoms with van der Waals surface area (Å²) in [5.74, 6) is -0.0256. The summed E-state index contributed by atoms with van der Waals surface area (Å²) < 4.78 is 11.2. The number of fused-ring (bicyclic) bond motifs is 1. The molecule has 0 unspecified atom stereocenters. The van der Waals surface area contributed by atoms with E-state index in [0.29, 0.717) is 31.1 Å². The van der Waals surface area contributed by atoms with Gasteiger partial charge in [-0.25, -0.2) is 5.48 Å². The number of hydrogen-bond donors (Lipinski definition) is 2. The normalized spacial score (nSPS) is 23.7. The van der Waals surface area contributed by atoms with Crippen molar-refractivity contribution in [2.45, 2.75) is 25.8 Å². The average molecular weight is 334 g/mol. The Bertz CT molecular complexity index is 627. The van der Waals surface area contributed by atoms with Crippen molar-refractivity contribution in [1.29, 1.82) is 0 Å². The maximum atomic E-state index is 12.8. The van der Waals surface area contributed by atoms with Crippen LogP contribution in [0.3, 0.4) is 0 Å². The van der Waals surface area contributed by atoms with Gasteiger partial charge in [-0.2, -0.15) is 0 Å². The van der Waals surface area contributed by atoms with Crippen LogP contribution in [-0.2, 0) is 9.53 Å². The average Bonchev–Trinajstić information content (AvgIpc) is 2.79. The number of benzene rings is 1. The fourth-order valence-corrected chi connectivity index (χ4v) is 3.30. The highest BCUT2D eigenvalue weighted by Crippen LogP contribution is 2.34. The van der Waals surface area contributed by atoms with Gasteiger partial charge in [0.25, 0.3) is 5.91 Å². The molecular weight excluding hydrogens is 312 g/mol. The van der Waals surface area contributed by atoms with Gasteiger partial charge in [0.1, 0.15) is 12.4 Å². The van der Waals surface area contributed by atoms with Gasteiger partial charge in [-0.05, 0) is 31.9 Å². The molecule has 1 aromatic rings. The lowest BCUT2D eigenvalue weighted by Crippen LogP contribution is -2.41. The summed E-state index contributed by atoms with van der Waals surface area (Å²) in [7, 11) is 0. The first kappa shape index (κ1) is 16.7. The monoisotopic (exact) mass is 334 g/mol. The Morgan fingerprint density at radius 2 is 2.17 bits per heavy atom. The highest BCUT2D eigenvalue weighted by atomic mass is 16.5. The van der Waals surface area contributed by atoms with Gasteiger partial charge >= 0.3 is 0 Å². The number of nitrogens with one attached hydrogen (secondary N) is 1. The summed E-state index contributed by atoms with van der Waals surface area (Å²) in [6, 6.07) is 4.83. The van der Waals surface area contributed by atoms with Crippen LogP contribution in [-0.4, -0.2) is 48.3 Å². The minimum atomic E-state index is -0.592. The van der Waals surface area contributed by atoms with Crippen molar-refractivity contribution >= 4 is 11.8 Å². The highest BCUT2D eigenvalue weighted by molar-refractivity contribution is 5.94. The summed E-state index contributed by atoms with van der Waals surface area (Å²) in [5.41, 5.74) is 2.77. The zero-order valence-corrected chi connectivity index (χ0v) is 13.7. The van der Waals surface area contributed by atoms with Crippen LogP contribution in [0.1, 0.15) is 41.7 Å². The highest BCUT2D eigenvalue weighted by Gasteiger charge is 2.32. The van der Waals surface area contributed by atoms with Gasteiger partial charge in [0.2, 0.25) is 5.91 Å². The molecule has 1 fully saturated rings. The third kappa shape index (κ3) is 3.22. The molecule has 2 N–H and O–H groups in total. The molecule has 0 bridgehead atoms. The molecule has 2 aliphatic heterocycles. The minimum absolute atomic E-state index is 0.0934. The minimum Gasteiger partial charge on any atom is -0.491 e. The molecule has 0 saturated carbocycles. The Hall–Kier alpha value is -2.12. The quantitative estimate of drug-likeness (QED) is 0.632. The zero-order chi connectivity index (χ0) is 17.1. The molecule has 2 amide bonds. The Kier molecular flexibility index (Phi) is 5.01. The number of amides is 2. The van der Waals surface area contributed by atoms with Crippen molar-refractivity contribution < 1.29 is 24.3 Å². The number of hydrogen-bond acceptors (Lipinski definition) is 5. The van der Waals surface area contributed by atoms with E-state index < -0.39 is 5.91 Å². The van der Waals surface area contributed by atoms with E-state index >= 15 is 0 Å². The van der Waals surface area contributed by atoms with E-state index in [2.05, 4.69) is 0 Å². The van der Waals surface area contributed by atoms with E-state index in [-0.39, 0.29) is 17.9 Å². The molecule has 24 heavy (non-hydrogen) atoms. The molecular formula is C17H22N2O5. The van der Waals surface area contributed by atoms with Gasteiger partial charge in [-0.3, -0.25) is 14.8 Å². The molecule has 0 aliphatic carbocycles. The van der Waals surface area contributed by atoms with Crippen molar-refractivity contribution in [2.24, 2.45) is 5.92 Å². The van der Waals surface area contributed by atoms with Crippen LogP contribution >= 0.6 is 0 Å². The van der Waals surface area contributed by atoms with Crippen molar-refractivity contribution in [3.8, 4) is 5.75 Å². The third-order valence-electron chi connectivity index (χ3n) is 4.68. The second-order valence-corrected chi connectivity index (χ2v) is 6.16. The summed E-state index contributed by atoms with van der Waals surface area (Å²) in [6.07, 6.45) is 1.76. The summed E-state index contributed by atoms with van der Waals surface area (Å²) in [4.78, 5) is 26.2. The predicted octanol–water partition coefficient (Wildman–Crippen LogP) is 1.51. The number of carbonyl (C=O) groups is 2. The summed E-state index contributed by atoms with van der Waals surface area (Å²) in [5, 5.41) is 8.75. The van der Waals surface area contributed by atoms with Crippen molar-refractivity contribution in [2.75, 3.05) is 26.4 Å². The van der Waals surface area contributed by atoms with Gasteiger partial charge in [0, 0.05) is 17.7 Å². The van der Waals surface area contributed by atoms with E-state index in [0.717, 1.165) is 25.0 Å². The summed E-state index contributed by atoms with van der Waals surface area (Å²) >= 11 is 0. The van der Waals surface area contributed by atoms with E-state index in [1.807, 2.05) is 11.8 Å². The van der Waals surface area contributed by atoms with Crippen molar-refractivity contribution in [3.05, 3.63) is 29.3 Å². The lowest BCUT2D eigenvalue weighted by atomic mass is 9.98. The van der Waals surface area contributed by atoms with Gasteiger partial charge in [0.15, 0.2) is 0 Å². The van der Waals surface area contributed by atoms with Crippen LogP contribution in [0, 0.1) is 5.92 Å². The SMILES string of the molecule is C[C@H]1c2ccc(C(=O)NO)cc2OCCN1C(=O)[C@H]1CCCOC1. The van der Waals surface area contributed by atoms with E-state index in [9.17, 15) is 9.59 Å². The fourth-order valence-electron chi connectivity index (χ4n) is 3.30. The Balaban J connectivity index is 1.83. The van der Waals surface area contributed by atoms with Gasteiger partial charge in [-0.15, -0.1) is 0 Å². The molecule has 1 aromatic carbocycles.